The van der Waals surface area contributed by atoms with Gasteiger partial charge in [-0.05, 0) is 51.2 Å². The van der Waals surface area contributed by atoms with E-state index in [4.69, 9.17) is 4.74 Å². The monoisotopic (exact) mass is 361 g/mol. The zero-order valence-electron chi connectivity index (χ0n) is 14.8. The Morgan fingerprint density at radius 3 is 2.73 bits per heavy atom. The largest absolute Gasteiger partial charge is 0.452 e. The smallest absolute Gasteiger partial charge is 0.338 e. The second-order valence-corrected chi connectivity index (χ2v) is 6.92. The van der Waals surface area contributed by atoms with E-state index in [2.05, 4.69) is 5.32 Å². The van der Waals surface area contributed by atoms with E-state index in [-0.39, 0.29) is 35.8 Å². The van der Waals surface area contributed by atoms with E-state index in [1.807, 2.05) is 6.92 Å². The van der Waals surface area contributed by atoms with Crippen LogP contribution in [-0.2, 0) is 9.53 Å². The van der Waals surface area contributed by atoms with Crippen molar-refractivity contribution in [1.29, 1.82) is 0 Å². The van der Waals surface area contributed by atoms with Crippen molar-refractivity contribution in [2.24, 2.45) is 0 Å². The van der Waals surface area contributed by atoms with Crippen LogP contribution in [0.4, 0.5) is 11.4 Å². The van der Waals surface area contributed by atoms with Crippen molar-refractivity contribution in [3.8, 4) is 0 Å². The lowest BCUT2D eigenvalue weighted by molar-refractivity contribution is -0.384. The van der Waals surface area contributed by atoms with Gasteiger partial charge < -0.3 is 15.0 Å². The highest BCUT2D eigenvalue weighted by Gasteiger charge is 2.27. The molecule has 1 heterocycles. The summed E-state index contributed by atoms with van der Waals surface area (Å²) in [5.74, 6) is -0.962. The van der Waals surface area contributed by atoms with Crippen LogP contribution in [0.25, 0.3) is 0 Å². The molecule has 8 heteroatoms. The number of nitro groups is 1. The lowest BCUT2D eigenvalue weighted by atomic mass is 10.0. The molecule has 0 aromatic heterocycles. The Kier molecular flexibility index (Phi) is 5.39. The highest BCUT2D eigenvalue weighted by atomic mass is 16.6. The number of hydrogen-bond donors (Lipinski definition) is 1. The maximum absolute atomic E-state index is 12.2. The van der Waals surface area contributed by atoms with Crippen molar-refractivity contribution >= 4 is 23.3 Å². The van der Waals surface area contributed by atoms with Gasteiger partial charge >= 0.3 is 5.97 Å². The molecule has 1 saturated heterocycles. The molecule has 1 aromatic rings. The highest BCUT2D eigenvalue weighted by Crippen LogP contribution is 2.31. The van der Waals surface area contributed by atoms with Crippen molar-refractivity contribution in [2.75, 3.05) is 18.5 Å². The first-order valence-electron chi connectivity index (χ1n) is 8.97. The predicted molar refractivity (Wildman–Crippen MR) is 95.0 cm³/mol. The van der Waals surface area contributed by atoms with Gasteiger partial charge in [0.15, 0.2) is 6.61 Å². The Hall–Kier alpha value is -2.64. The molecule has 140 valence electrons. The van der Waals surface area contributed by atoms with Gasteiger partial charge in [0.2, 0.25) is 0 Å². The summed E-state index contributed by atoms with van der Waals surface area (Å²) in [5, 5.41) is 14.3. The number of rotatable bonds is 6. The number of likely N-dealkylation sites (tertiary alicyclic amines) is 1. The molecule has 8 nitrogen and oxygen atoms in total. The van der Waals surface area contributed by atoms with Crippen molar-refractivity contribution in [2.45, 2.75) is 51.1 Å². The SMILES string of the molecule is CC1CCCCN1C(=O)COC(=O)c1ccc(NC2CC2)c([N+](=O)[O-])c1. The molecule has 0 radical (unpaired) electrons. The van der Waals surface area contributed by atoms with Crippen LogP contribution in [0.15, 0.2) is 18.2 Å². The quantitative estimate of drug-likeness (QED) is 0.475. The zero-order chi connectivity index (χ0) is 18.7. The molecule has 1 unspecified atom stereocenters. The van der Waals surface area contributed by atoms with Gasteiger partial charge in [0.25, 0.3) is 11.6 Å². The van der Waals surface area contributed by atoms with Crippen LogP contribution in [0.2, 0.25) is 0 Å². The van der Waals surface area contributed by atoms with E-state index in [9.17, 15) is 19.7 Å². The predicted octanol–water partition coefficient (Wildman–Crippen LogP) is 2.73. The topological polar surface area (TPSA) is 102 Å². The Labute approximate surface area is 151 Å². The van der Waals surface area contributed by atoms with Crippen molar-refractivity contribution in [3.63, 3.8) is 0 Å². The Balaban J connectivity index is 1.62. The summed E-state index contributed by atoms with van der Waals surface area (Å²) in [7, 11) is 0. The first kappa shape index (κ1) is 18.2. The minimum absolute atomic E-state index is 0.0672. The zero-order valence-corrected chi connectivity index (χ0v) is 14.8. The fourth-order valence-corrected chi connectivity index (χ4v) is 3.14. The summed E-state index contributed by atoms with van der Waals surface area (Å²) in [6, 6.07) is 4.59. The third-order valence-electron chi connectivity index (χ3n) is 4.82. The fourth-order valence-electron chi connectivity index (χ4n) is 3.14. The summed E-state index contributed by atoms with van der Waals surface area (Å²) in [6.45, 7) is 2.30. The molecule has 2 aliphatic rings. The molecule has 1 atom stereocenters. The maximum Gasteiger partial charge on any atom is 0.338 e. The van der Waals surface area contributed by atoms with Gasteiger partial charge in [-0.15, -0.1) is 0 Å². The van der Waals surface area contributed by atoms with E-state index < -0.39 is 10.9 Å². The fraction of sp³-hybridized carbons (Fsp3) is 0.556. The van der Waals surface area contributed by atoms with E-state index in [1.54, 1.807) is 4.90 Å². The normalized spacial score (nSPS) is 19.7. The number of nitrogens with one attached hydrogen (secondary N) is 1. The Morgan fingerprint density at radius 1 is 1.31 bits per heavy atom. The molecular weight excluding hydrogens is 338 g/mol. The van der Waals surface area contributed by atoms with E-state index in [0.29, 0.717) is 12.2 Å². The third kappa shape index (κ3) is 4.30. The molecular formula is C18H23N3O5. The second-order valence-electron chi connectivity index (χ2n) is 6.92. The van der Waals surface area contributed by atoms with Gasteiger partial charge in [-0.3, -0.25) is 14.9 Å². The lowest BCUT2D eigenvalue weighted by Gasteiger charge is -2.33. The molecule has 0 bridgehead atoms. The molecule has 0 spiro atoms. The average Bonchev–Trinajstić information content (AvgIpc) is 3.44. The van der Waals surface area contributed by atoms with Crippen LogP contribution >= 0.6 is 0 Å². The number of nitrogens with zero attached hydrogens (tertiary/aromatic N) is 2. The highest BCUT2D eigenvalue weighted by molar-refractivity contribution is 5.93. The summed E-state index contributed by atoms with van der Waals surface area (Å²) in [4.78, 5) is 36.9. The summed E-state index contributed by atoms with van der Waals surface area (Å²) in [5.41, 5.74) is 0.298. The van der Waals surface area contributed by atoms with Gasteiger partial charge in [0.05, 0.1) is 10.5 Å². The van der Waals surface area contributed by atoms with Crippen molar-refractivity contribution in [3.05, 3.63) is 33.9 Å². The molecule has 1 amide bonds. The Bertz CT molecular complexity index is 717. The van der Waals surface area contributed by atoms with Crippen LogP contribution in [0, 0.1) is 10.1 Å². The summed E-state index contributed by atoms with van der Waals surface area (Å²) < 4.78 is 5.09. The van der Waals surface area contributed by atoms with E-state index in [0.717, 1.165) is 32.1 Å². The number of carbonyl (C=O) groups is 2. The average molecular weight is 361 g/mol. The van der Waals surface area contributed by atoms with Crippen molar-refractivity contribution < 1.29 is 19.2 Å². The van der Waals surface area contributed by atoms with E-state index in [1.165, 1.54) is 18.2 Å². The number of amides is 1. The van der Waals surface area contributed by atoms with Gasteiger partial charge in [-0.1, -0.05) is 0 Å². The number of carbonyl (C=O) groups excluding carboxylic acids is 2. The second kappa shape index (κ2) is 7.72. The number of ether oxygens (including phenoxy) is 1. The molecule has 26 heavy (non-hydrogen) atoms. The maximum atomic E-state index is 12.2. The molecule has 1 N–H and O–H groups in total. The lowest BCUT2D eigenvalue weighted by Crippen LogP contribution is -2.44. The minimum atomic E-state index is -0.732. The Morgan fingerprint density at radius 2 is 2.08 bits per heavy atom. The molecule has 1 aliphatic heterocycles. The first-order chi connectivity index (χ1) is 12.5. The van der Waals surface area contributed by atoms with Crippen molar-refractivity contribution in [1.82, 2.24) is 4.90 Å². The standard InChI is InChI=1S/C18H23N3O5/c1-12-4-2-3-9-20(12)17(22)11-26-18(23)13-5-8-15(19-14-6-7-14)16(10-13)21(24)25/h5,8,10,12,14,19H,2-4,6-7,9,11H2,1H3. The molecule has 3 rings (SSSR count). The number of hydrogen-bond acceptors (Lipinski definition) is 6. The van der Waals surface area contributed by atoms with Crippen LogP contribution in [0.5, 0.6) is 0 Å². The van der Waals surface area contributed by atoms with Crippen LogP contribution in [-0.4, -0.2) is 46.9 Å². The van der Waals surface area contributed by atoms with Gasteiger partial charge in [0, 0.05) is 24.7 Å². The first-order valence-corrected chi connectivity index (χ1v) is 8.97. The molecule has 1 aromatic carbocycles. The van der Waals surface area contributed by atoms with Crippen LogP contribution < -0.4 is 5.32 Å². The summed E-state index contributed by atoms with van der Waals surface area (Å²) in [6.07, 6.45) is 4.96. The van der Waals surface area contributed by atoms with Gasteiger partial charge in [0.1, 0.15) is 5.69 Å². The van der Waals surface area contributed by atoms with Gasteiger partial charge in [-0.25, -0.2) is 4.79 Å². The molecule has 1 aliphatic carbocycles. The number of esters is 1. The summed E-state index contributed by atoms with van der Waals surface area (Å²) >= 11 is 0. The molecule has 1 saturated carbocycles. The number of piperidine rings is 1. The van der Waals surface area contributed by atoms with Crippen LogP contribution in [0.1, 0.15) is 49.4 Å². The number of benzene rings is 1. The van der Waals surface area contributed by atoms with Crippen LogP contribution in [0.3, 0.4) is 0 Å². The third-order valence-corrected chi connectivity index (χ3v) is 4.82. The minimum Gasteiger partial charge on any atom is -0.452 e. The molecule has 2 fully saturated rings. The van der Waals surface area contributed by atoms with Gasteiger partial charge in [-0.2, -0.15) is 0 Å². The number of nitro benzene ring substituents is 1. The number of anilines is 1. The van der Waals surface area contributed by atoms with E-state index >= 15 is 0 Å².